The molecule has 7 heteroatoms. The molecule has 0 aliphatic carbocycles. The summed E-state index contributed by atoms with van der Waals surface area (Å²) in [7, 11) is -1.65. The summed E-state index contributed by atoms with van der Waals surface area (Å²) < 4.78 is 27.3. The van der Waals surface area contributed by atoms with E-state index in [-0.39, 0.29) is 24.5 Å². The van der Waals surface area contributed by atoms with Crippen molar-refractivity contribution in [3.05, 3.63) is 0 Å². The summed E-state index contributed by atoms with van der Waals surface area (Å²) in [4.78, 5) is 0. The Kier molecular flexibility index (Phi) is 6.21. The second-order valence-electron chi connectivity index (χ2n) is 4.28. The number of hydrogen-bond donors (Lipinski definition) is 1. The lowest BCUT2D eigenvalue weighted by Gasteiger charge is -2.36. The van der Waals surface area contributed by atoms with Crippen molar-refractivity contribution in [2.24, 2.45) is 0 Å². The fraction of sp³-hybridized carbons (Fsp3) is 1.00. The molecular formula is C9H22ClN3O2S. The van der Waals surface area contributed by atoms with Gasteiger partial charge in [-0.2, -0.15) is 17.0 Å². The summed E-state index contributed by atoms with van der Waals surface area (Å²) in [6.07, 6.45) is 0. The first-order valence-electron chi connectivity index (χ1n) is 5.33. The van der Waals surface area contributed by atoms with Crippen molar-refractivity contribution < 1.29 is 8.42 Å². The third-order valence-electron chi connectivity index (χ3n) is 2.83. The molecule has 0 radical (unpaired) electrons. The van der Waals surface area contributed by atoms with Crippen molar-refractivity contribution in [3.63, 3.8) is 0 Å². The van der Waals surface area contributed by atoms with Crippen LogP contribution < -0.4 is 5.32 Å². The Morgan fingerprint density at radius 3 is 2.44 bits per heavy atom. The minimum Gasteiger partial charge on any atom is -0.314 e. The fourth-order valence-corrected chi connectivity index (χ4v) is 3.31. The van der Waals surface area contributed by atoms with E-state index >= 15 is 0 Å². The van der Waals surface area contributed by atoms with Crippen LogP contribution in [0.5, 0.6) is 0 Å². The maximum Gasteiger partial charge on any atom is 0.282 e. The highest BCUT2D eigenvalue weighted by Crippen LogP contribution is 2.14. The highest BCUT2D eigenvalue weighted by Gasteiger charge is 2.33. The van der Waals surface area contributed by atoms with Crippen LogP contribution >= 0.6 is 12.4 Å². The van der Waals surface area contributed by atoms with Gasteiger partial charge in [-0.3, -0.25) is 0 Å². The molecule has 0 saturated carbocycles. The van der Waals surface area contributed by atoms with E-state index in [2.05, 4.69) is 5.32 Å². The van der Waals surface area contributed by atoms with Crippen molar-refractivity contribution in [1.29, 1.82) is 0 Å². The topological polar surface area (TPSA) is 52.7 Å². The second kappa shape index (κ2) is 6.16. The normalized spacial score (nSPS) is 23.5. The molecule has 0 unspecified atom stereocenters. The van der Waals surface area contributed by atoms with Crippen molar-refractivity contribution in [1.82, 2.24) is 13.9 Å². The average Bonchev–Trinajstić information content (AvgIpc) is 2.16. The predicted molar refractivity (Wildman–Crippen MR) is 68.1 cm³/mol. The Labute approximate surface area is 105 Å². The molecule has 1 saturated heterocycles. The molecule has 0 amide bonds. The predicted octanol–water partition coefficient (Wildman–Crippen LogP) is 0.287. The highest BCUT2D eigenvalue weighted by molar-refractivity contribution is 7.86. The average molecular weight is 272 g/mol. The van der Waals surface area contributed by atoms with Crippen LogP contribution in [0.25, 0.3) is 0 Å². The minimum atomic E-state index is -3.28. The van der Waals surface area contributed by atoms with E-state index in [4.69, 9.17) is 0 Å². The van der Waals surface area contributed by atoms with Crippen molar-refractivity contribution >= 4 is 22.6 Å². The van der Waals surface area contributed by atoms with Gasteiger partial charge in [0.05, 0.1) is 0 Å². The van der Waals surface area contributed by atoms with E-state index in [1.165, 1.54) is 4.31 Å². The standard InChI is InChI=1S/C9H21N3O2S.ClH/c1-8(2)11(4)15(13,14)12-6-5-10-7-9(12)3;/h8-10H,5-7H2,1-4H3;1H/t9-;/m0./s1. The van der Waals surface area contributed by atoms with Crippen LogP contribution in [-0.4, -0.2) is 55.8 Å². The summed E-state index contributed by atoms with van der Waals surface area (Å²) in [6, 6.07) is 0.0297. The quantitative estimate of drug-likeness (QED) is 0.803. The Balaban J connectivity index is 0.00000225. The summed E-state index contributed by atoms with van der Waals surface area (Å²) >= 11 is 0. The van der Waals surface area contributed by atoms with Gasteiger partial charge < -0.3 is 5.32 Å². The zero-order valence-electron chi connectivity index (χ0n) is 10.3. The number of hydrogen-bond acceptors (Lipinski definition) is 3. The third kappa shape index (κ3) is 3.30. The van der Waals surface area contributed by atoms with Crippen LogP contribution in [0.15, 0.2) is 0 Å². The molecule has 1 rings (SSSR count). The van der Waals surface area contributed by atoms with Crippen molar-refractivity contribution in [3.8, 4) is 0 Å². The Morgan fingerprint density at radius 2 is 2.00 bits per heavy atom. The zero-order valence-corrected chi connectivity index (χ0v) is 11.9. The van der Waals surface area contributed by atoms with E-state index in [0.29, 0.717) is 6.54 Å². The summed E-state index contributed by atoms with van der Waals surface area (Å²) in [5, 5.41) is 3.18. The number of nitrogens with zero attached hydrogens (tertiary/aromatic N) is 2. The molecule has 0 aromatic rings. The van der Waals surface area contributed by atoms with Gasteiger partial charge in [-0.15, -0.1) is 12.4 Å². The van der Waals surface area contributed by atoms with Crippen LogP contribution in [0.1, 0.15) is 20.8 Å². The van der Waals surface area contributed by atoms with Gasteiger partial charge in [0.2, 0.25) is 0 Å². The largest absolute Gasteiger partial charge is 0.314 e. The van der Waals surface area contributed by atoms with Gasteiger partial charge in [0, 0.05) is 38.8 Å². The molecule has 16 heavy (non-hydrogen) atoms. The Hall–Kier alpha value is 0.120. The first-order chi connectivity index (χ1) is 6.87. The van der Waals surface area contributed by atoms with E-state index in [1.807, 2.05) is 20.8 Å². The molecule has 1 atom stereocenters. The van der Waals surface area contributed by atoms with Crippen LogP contribution in [0.4, 0.5) is 0 Å². The molecule has 0 aromatic heterocycles. The molecule has 1 aliphatic rings. The van der Waals surface area contributed by atoms with Crippen LogP contribution in [0.2, 0.25) is 0 Å². The summed E-state index contributed by atoms with van der Waals surface area (Å²) in [5.41, 5.74) is 0. The number of piperazine rings is 1. The monoisotopic (exact) mass is 271 g/mol. The first-order valence-corrected chi connectivity index (χ1v) is 6.72. The Morgan fingerprint density at radius 1 is 1.44 bits per heavy atom. The Bertz CT molecular complexity index is 308. The molecule has 98 valence electrons. The molecule has 0 bridgehead atoms. The second-order valence-corrected chi connectivity index (χ2v) is 6.22. The summed E-state index contributed by atoms with van der Waals surface area (Å²) in [5.74, 6) is 0. The fourth-order valence-electron chi connectivity index (χ4n) is 1.60. The van der Waals surface area contributed by atoms with Gasteiger partial charge in [0.25, 0.3) is 10.2 Å². The van der Waals surface area contributed by atoms with Gasteiger partial charge >= 0.3 is 0 Å². The molecule has 1 N–H and O–H groups in total. The lowest BCUT2D eigenvalue weighted by Crippen LogP contribution is -2.56. The molecule has 1 heterocycles. The van der Waals surface area contributed by atoms with Gasteiger partial charge in [-0.05, 0) is 20.8 Å². The molecule has 5 nitrogen and oxygen atoms in total. The van der Waals surface area contributed by atoms with E-state index in [9.17, 15) is 8.42 Å². The third-order valence-corrected chi connectivity index (χ3v) is 5.11. The minimum absolute atomic E-state index is 0. The number of nitrogens with one attached hydrogen (secondary N) is 1. The SMILES string of the molecule is CC(C)N(C)S(=O)(=O)N1CCNC[C@@H]1C.Cl. The lowest BCUT2D eigenvalue weighted by atomic mass is 10.3. The maximum atomic E-state index is 12.2. The molecule has 0 spiro atoms. The van der Waals surface area contributed by atoms with E-state index in [1.54, 1.807) is 11.4 Å². The first kappa shape index (κ1) is 16.1. The summed E-state index contributed by atoms with van der Waals surface area (Å²) in [6.45, 7) is 7.70. The van der Waals surface area contributed by atoms with Gasteiger partial charge in [0.15, 0.2) is 0 Å². The van der Waals surface area contributed by atoms with Gasteiger partial charge in [-0.1, -0.05) is 0 Å². The maximum absolute atomic E-state index is 12.2. The zero-order chi connectivity index (χ0) is 11.6. The van der Waals surface area contributed by atoms with Crippen LogP contribution in [0.3, 0.4) is 0 Å². The van der Waals surface area contributed by atoms with Crippen molar-refractivity contribution in [2.75, 3.05) is 26.7 Å². The lowest BCUT2D eigenvalue weighted by molar-refractivity contribution is 0.256. The number of halogens is 1. The van der Waals surface area contributed by atoms with E-state index in [0.717, 1.165) is 13.1 Å². The highest BCUT2D eigenvalue weighted by atomic mass is 35.5. The van der Waals surface area contributed by atoms with Crippen LogP contribution in [0, 0.1) is 0 Å². The van der Waals surface area contributed by atoms with Crippen LogP contribution in [-0.2, 0) is 10.2 Å². The van der Waals surface area contributed by atoms with E-state index < -0.39 is 10.2 Å². The van der Waals surface area contributed by atoms with Crippen molar-refractivity contribution in [2.45, 2.75) is 32.9 Å². The molecule has 1 fully saturated rings. The molecular weight excluding hydrogens is 250 g/mol. The molecule has 0 aromatic carbocycles. The smallest absolute Gasteiger partial charge is 0.282 e. The molecule has 1 aliphatic heterocycles. The number of rotatable bonds is 3. The van der Waals surface area contributed by atoms with Gasteiger partial charge in [-0.25, -0.2) is 0 Å². The van der Waals surface area contributed by atoms with Gasteiger partial charge in [0.1, 0.15) is 0 Å².